The van der Waals surface area contributed by atoms with Crippen LogP contribution in [0.4, 0.5) is 0 Å². The van der Waals surface area contributed by atoms with Gasteiger partial charge in [-0.3, -0.25) is 0 Å². The molecular weight excluding hydrogens is 308 g/mol. The number of thiophene rings is 1. The lowest BCUT2D eigenvalue weighted by atomic mass is 10.1. The van der Waals surface area contributed by atoms with Crippen LogP contribution >= 0.6 is 11.3 Å². The van der Waals surface area contributed by atoms with Crippen molar-refractivity contribution in [2.75, 3.05) is 40.4 Å². The van der Waals surface area contributed by atoms with Gasteiger partial charge >= 0.3 is 0 Å². The average Bonchev–Trinajstić information content (AvgIpc) is 2.92. The zero-order chi connectivity index (χ0) is 16.1. The first-order chi connectivity index (χ1) is 11.3. The first-order valence-corrected chi connectivity index (χ1v) is 8.64. The molecule has 0 spiro atoms. The molecule has 0 saturated carbocycles. The fraction of sp³-hybridized carbons (Fsp3) is 0.333. The van der Waals surface area contributed by atoms with Crippen LogP contribution in [0, 0.1) is 0 Å². The quantitative estimate of drug-likeness (QED) is 0.622. The number of nitrogens with one attached hydrogen (secondary N) is 2. The Labute approximate surface area is 140 Å². The Bertz CT molecular complexity index is 721. The molecule has 122 valence electrons. The SMILES string of the molecule is CNCCOc1ccc2c(c1)sc1cc(OCCNC)ccc12. The van der Waals surface area contributed by atoms with Crippen molar-refractivity contribution in [3.8, 4) is 11.5 Å². The molecule has 0 unspecified atom stereocenters. The highest BCUT2D eigenvalue weighted by Crippen LogP contribution is 2.37. The molecule has 0 saturated heterocycles. The molecule has 5 heteroatoms. The molecule has 1 aromatic heterocycles. The monoisotopic (exact) mass is 330 g/mol. The van der Waals surface area contributed by atoms with Crippen molar-refractivity contribution in [3.05, 3.63) is 36.4 Å². The summed E-state index contributed by atoms with van der Waals surface area (Å²) >= 11 is 1.78. The molecule has 2 aromatic carbocycles. The van der Waals surface area contributed by atoms with E-state index < -0.39 is 0 Å². The lowest BCUT2D eigenvalue weighted by Gasteiger charge is -2.05. The number of hydrogen-bond donors (Lipinski definition) is 2. The van der Waals surface area contributed by atoms with Crippen molar-refractivity contribution in [2.24, 2.45) is 0 Å². The molecule has 0 bridgehead atoms. The van der Waals surface area contributed by atoms with E-state index in [0.29, 0.717) is 13.2 Å². The summed E-state index contributed by atoms with van der Waals surface area (Å²) in [5.41, 5.74) is 0. The molecule has 23 heavy (non-hydrogen) atoms. The van der Waals surface area contributed by atoms with Crippen LogP contribution in [-0.4, -0.2) is 40.4 Å². The van der Waals surface area contributed by atoms with Gasteiger partial charge in [-0.15, -0.1) is 11.3 Å². The molecule has 0 radical (unpaired) electrons. The fourth-order valence-electron chi connectivity index (χ4n) is 2.46. The third-order valence-electron chi connectivity index (χ3n) is 3.66. The fourth-order valence-corrected chi connectivity index (χ4v) is 3.62. The zero-order valence-corrected chi connectivity index (χ0v) is 14.3. The number of fused-ring (bicyclic) bond motifs is 3. The van der Waals surface area contributed by atoms with Crippen LogP contribution in [0.1, 0.15) is 0 Å². The molecule has 0 fully saturated rings. The normalized spacial score (nSPS) is 11.2. The second kappa shape index (κ2) is 7.64. The Morgan fingerprint density at radius 1 is 0.783 bits per heavy atom. The lowest BCUT2D eigenvalue weighted by molar-refractivity contribution is 0.319. The van der Waals surface area contributed by atoms with E-state index in [1.807, 2.05) is 26.2 Å². The van der Waals surface area contributed by atoms with Gasteiger partial charge in [-0.1, -0.05) is 0 Å². The van der Waals surface area contributed by atoms with Crippen LogP contribution < -0.4 is 20.1 Å². The summed E-state index contributed by atoms with van der Waals surface area (Å²) < 4.78 is 14.0. The van der Waals surface area contributed by atoms with Crippen molar-refractivity contribution < 1.29 is 9.47 Å². The Morgan fingerprint density at radius 3 is 1.70 bits per heavy atom. The van der Waals surface area contributed by atoms with E-state index in [4.69, 9.17) is 9.47 Å². The molecule has 2 N–H and O–H groups in total. The number of hydrogen-bond acceptors (Lipinski definition) is 5. The standard InChI is InChI=1S/C18H22N2O2S/c1-19-7-9-21-13-3-5-15-16-6-4-14(22-10-8-20-2)12-18(16)23-17(15)11-13/h3-6,11-12,19-20H,7-10H2,1-2H3. The first-order valence-electron chi connectivity index (χ1n) is 7.83. The Balaban J connectivity index is 1.84. The van der Waals surface area contributed by atoms with Crippen molar-refractivity contribution in [3.63, 3.8) is 0 Å². The third-order valence-corrected chi connectivity index (χ3v) is 4.77. The van der Waals surface area contributed by atoms with Crippen molar-refractivity contribution in [2.45, 2.75) is 0 Å². The summed E-state index contributed by atoms with van der Waals surface area (Å²) in [6.07, 6.45) is 0. The summed E-state index contributed by atoms with van der Waals surface area (Å²) in [6, 6.07) is 12.6. The highest BCUT2D eigenvalue weighted by Gasteiger charge is 2.07. The molecule has 1 heterocycles. The number of likely N-dealkylation sites (N-methyl/N-ethyl adjacent to an activating group) is 2. The molecular formula is C18H22N2O2S. The van der Waals surface area contributed by atoms with Crippen LogP contribution in [0.2, 0.25) is 0 Å². The minimum Gasteiger partial charge on any atom is -0.492 e. The van der Waals surface area contributed by atoms with Gasteiger partial charge in [-0.25, -0.2) is 0 Å². The Morgan fingerprint density at radius 2 is 1.26 bits per heavy atom. The van der Waals surface area contributed by atoms with Crippen LogP contribution in [0.15, 0.2) is 36.4 Å². The van der Waals surface area contributed by atoms with E-state index in [0.717, 1.165) is 24.6 Å². The van der Waals surface area contributed by atoms with Crippen LogP contribution in [0.5, 0.6) is 11.5 Å². The molecule has 0 amide bonds. The van der Waals surface area contributed by atoms with Gasteiger partial charge in [0.05, 0.1) is 0 Å². The Hall–Kier alpha value is -1.82. The second-order valence-corrected chi connectivity index (χ2v) is 6.41. The van der Waals surface area contributed by atoms with E-state index in [9.17, 15) is 0 Å². The zero-order valence-electron chi connectivity index (χ0n) is 13.5. The van der Waals surface area contributed by atoms with E-state index in [1.54, 1.807) is 11.3 Å². The molecule has 0 aliphatic carbocycles. The van der Waals surface area contributed by atoms with Gasteiger partial charge in [-0.05, 0) is 50.5 Å². The molecule has 4 nitrogen and oxygen atoms in total. The highest BCUT2D eigenvalue weighted by atomic mass is 32.1. The van der Waals surface area contributed by atoms with Gasteiger partial charge in [0.1, 0.15) is 24.7 Å². The van der Waals surface area contributed by atoms with Gasteiger partial charge in [0.2, 0.25) is 0 Å². The third kappa shape index (κ3) is 3.75. The topological polar surface area (TPSA) is 42.5 Å². The number of ether oxygens (including phenoxy) is 2. The summed E-state index contributed by atoms with van der Waals surface area (Å²) in [5.74, 6) is 1.84. The molecule has 3 rings (SSSR count). The number of rotatable bonds is 8. The van der Waals surface area contributed by atoms with E-state index in [2.05, 4.69) is 34.9 Å². The van der Waals surface area contributed by atoms with E-state index in [1.165, 1.54) is 20.2 Å². The minimum atomic E-state index is 0.677. The van der Waals surface area contributed by atoms with Gasteiger partial charge < -0.3 is 20.1 Å². The molecule has 0 aliphatic rings. The predicted molar refractivity (Wildman–Crippen MR) is 98.2 cm³/mol. The summed E-state index contributed by atoms with van der Waals surface area (Å²) in [7, 11) is 3.85. The lowest BCUT2D eigenvalue weighted by Crippen LogP contribution is -2.15. The number of benzene rings is 2. The maximum absolute atomic E-state index is 5.75. The van der Waals surface area contributed by atoms with E-state index in [-0.39, 0.29) is 0 Å². The summed E-state index contributed by atoms with van der Waals surface area (Å²) in [6.45, 7) is 3.04. The summed E-state index contributed by atoms with van der Waals surface area (Å²) in [5, 5.41) is 8.71. The van der Waals surface area contributed by atoms with Crippen molar-refractivity contribution in [1.82, 2.24) is 10.6 Å². The average molecular weight is 330 g/mol. The van der Waals surface area contributed by atoms with Crippen molar-refractivity contribution >= 4 is 31.5 Å². The largest absolute Gasteiger partial charge is 0.492 e. The summed E-state index contributed by atoms with van der Waals surface area (Å²) in [4.78, 5) is 0. The van der Waals surface area contributed by atoms with Gasteiger partial charge in [-0.2, -0.15) is 0 Å². The van der Waals surface area contributed by atoms with Crippen LogP contribution in [0.3, 0.4) is 0 Å². The molecule has 0 aliphatic heterocycles. The van der Waals surface area contributed by atoms with Crippen molar-refractivity contribution in [1.29, 1.82) is 0 Å². The Kier molecular flexibility index (Phi) is 5.33. The van der Waals surface area contributed by atoms with Crippen LogP contribution in [-0.2, 0) is 0 Å². The van der Waals surface area contributed by atoms with Crippen LogP contribution in [0.25, 0.3) is 20.2 Å². The van der Waals surface area contributed by atoms with Gasteiger partial charge in [0.15, 0.2) is 0 Å². The molecule has 3 aromatic rings. The minimum absolute atomic E-state index is 0.677. The second-order valence-electron chi connectivity index (χ2n) is 5.32. The maximum Gasteiger partial charge on any atom is 0.120 e. The maximum atomic E-state index is 5.75. The van der Waals surface area contributed by atoms with Gasteiger partial charge in [0.25, 0.3) is 0 Å². The van der Waals surface area contributed by atoms with Gasteiger partial charge in [0, 0.05) is 33.3 Å². The predicted octanol–water partition coefficient (Wildman–Crippen LogP) is 3.25. The van der Waals surface area contributed by atoms with E-state index >= 15 is 0 Å². The first kappa shape index (κ1) is 16.1. The molecule has 0 atom stereocenters. The highest BCUT2D eigenvalue weighted by molar-refractivity contribution is 7.25. The smallest absolute Gasteiger partial charge is 0.120 e.